The van der Waals surface area contributed by atoms with Crippen LogP contribution >= 0.6 is 7.75 Å². The topological polar surface area (TPSA) is 38.8 Å². The summed E-state index contributed by atoms with van der Waals surface area (Å²) in [5.74, 6) is 0. The van der Waals surface area contributed by atoms with Gasteiger partial charge in [0.25, 0.3) is 0 Å². The molecule has 0 aliphatic carbocycles. The average Bonchev–Trinajstić information content (AvgIpc) is 2.16. The molecule has 1 fully saturated rings. The highest BCUT2D eigenvalue weighted by Gasteiger charge is 2.32. The van der Waals surface area contributed by atoms with Gasteiger partial charge in [0.15, 0.2) is 0 Å². The Morgan fingerprint density at radius 2 is 1.78 bits per heavy atom. The monoisotopic (exact) mass is 151 g/mol. The van der Waals surface area contributed by atoms with Crippen molar-refractivity contribution in [1.29, 1.82) is 0 Å². The lowest BCUT2D eigenvalue weighted by Gasteiger charge is -2.15. The molecule has 1 aliphatic heterocycles. The van der Waals surface area contributed by atoms with Gasteiger partial charge < -0.3 is 0 Å². The molecule has 0 bridgehead atoms. The minimum atomic E-state index is -2.81. The van der Waals surface area contributed by atoms with E-state index in [1.807, 2.05) is 0 Å². The van der Waals surface area contributed by atoms with E-state index in [-0.39, 0.29) is 0 Å². The fraction of sp³-hybridized carbons (Fsp3) is 1.00. The summed E-state index contributed by atoms with van der Waals surface area (Å²) in [6, 6.07) is 0. The van der Waals surface area contributed by atoms with E-state index >= 15 is 0 Å². The molecule has 0 amide bonds. The SMILES string of the molecule is CN(C)P1(=O)OCCO1. The van der Waals surface area contributed by atoms with Crippen LogP contribution in [0.1, 0.15) is 0 Å². The predicted octanol–water partition coefficient (Wildman–Crippen LogP) is 0.703. The Hall–Kier alpha value is 0.110. The summed E-state index contributed by atoms with van der Waals surface area (Å²) in [6.07, 6.45) is 0. The molecule has 0 atom stereocenters. The van der Waals surface area contributed by atoms with Gasteiger partial charge in [0.05, 0.1) is 13.2 Å². The second-order valence-corrected chi connectivity index (χ2v) is 4.24. The largest absolute Gasteiger partial charge is 0.407 e. The molecule has 0 aromatic heterocycles. The molecule has 9 heavy (non-hydrogen) atoms. The third-order valence-electron chi connectivity index (χ3n) is 1.08. The molecule has 1 aliphatic rings. The zero-order valence-corrected chi connectivity index (χ0v) is 6.43. The van der Waals surface area contributed by atoms with Crippen LogP contribution in [-0.4, -0.2) is 32.0 Å². The first-order valence-corrected chi connectivity index (χ1v) is 4.21. The Balaban J connectivity index is 2.62. The number of rotatable bonds is 1. The Morgan fingerprint density at radius 1 is 1.33 bits per heavy atom. The summed E-state index contributed by atoms with van der Waals surface area (Å²) >= 11 is 0. The molecule has 0 spiro atoms. The van der Waals surface area contributed by atoms with Crippen molar-refractivity contribution in [2.75, 3.05) is 27.3 Å². The molecule has 0 radical (unpaired) electrons. The van der Waals surface area contributed by atoms with Crippen molar-refractivity contribution >= 4 is 7.75 Å². The van der Waals surface area contributed by atoms with E-state index in [1.165, 1.54) is 4.67 Å². The van der Waals surface area contributed by atoms with E-state index < -0.39 is 7.75 Å². The molecule has 1 heterocycles. The Morgan fingerprint density at radius 3 is 2.00 bits per heavy atom. The molecular formula is C4H10NO3P. The van der Waals surface area contributed by atoms with Crippen molar-refractivity contribution in [2.45, 2.75) is 0 Å². The fourth-order valence-electron chi connectivity index (χ4n) is 0.573. The van der Waals surface area contributed by atoms with Crippen molar-refractivity contribution in [3.63, 3.8) is 0 Å². The summed E-state index contributed by atoms with van der Waals surface area (Å²) in [4.78, 5) is 0. The highest BCUT2D eigenvalue weighted by molar-refractivity contribution is 7.51. The van der Waals surface area contributed by atoms with Crippen LogP contribution in [0, 0.1) is 0 Å². The second kappa shape index (κ2) is 2.39. The summed E-state index contributed by atoms with van der Waals surface area (Å²) in [5, 5.41) is 0. The third kappa shape index (κ3) is 1.33. The van der Waals surface area contributed by atoms with Gasteiger partial charge in [-0.05, 0) is 14.1 Å². The van der Waals surface area contributed by atoms with Crippen LogP contribution < -0.4 is 0 Å². The Bertz CT molecular complexity index is 137. The van der Waals surface area contributed by atoms with Crippen LogP contribution in [0.4, 0.5) is 0 Å². The van der Waals surface area contributed by atoms with Gasteiger partial charge in [0.2, 0.25) is 0 Å². The highest BCUT2D eigenvalue weighted by Crippen LogP contribution is 2.52. The Labute approximate surface area is 54.3 Å². The number of hydrogen-bond donors (Lipinski definition) is 0. The summed E-state index contributed by atoms with van der Waals surface area (Å²) < 4.78 is 22.4. The Kier molecular flexibility index (Phi) is 1.91. The molecule has 0 saturated carbocycles. The zero-order valence-electron chi connectivity index (χ0n) is 5.53. The van der Waals surface area contributed by atoms with Crippen LogP contribution in [0.3, 0.4) is 0 Å². The normalized spacial score (nSPS) is 25.2. The highest BCUT2D eigenvalue weighted by atomic mass is 31.2. The van der Waals surface area contributed by atoms with Gasteiger partial charge in [-0.3, -0.25) is 9.05 Å². The smallest absolute Gasteiger partial charge is 0.294 e. The summed E-state index contributed by atoms with van der Waals surface area (Å²) in [6.45, 7) is 0.880. The average molecular weight is 151 g/mol. The van der Waals surface area contributed by atoms with Gasteiger partial charge in [-0.1, -0.05) is 0 Å². The molecule has 54 valence electrons. The molecule has 0 aromatic rings. The van der Waals surface area contributed by atoms with Crippen LogP contribution in [0.5, 0.6) is 0 Å². The molecular weight excluding hydrogens is 141 g/mol. The van der Waals surface area contributed by atoms with Gasteiger partial charge >= 0.3 is 7.75 Å². The maximum Gasteiger partial charge on any atom is 0.407 e. The summed E-state index contributed by atoms with van der Waals surface area (Å²) in [5.41, 5.74) is 0. The van der Waals surface area contributed by atoms with Gasteiger partial charge in [-0.15, -0.1) is 0 Å². The zero-order chi connectivity index (χ0) is 6.91. The molecule has 0 N–H and O–H groups in total. The van der Waals surface area contributed by atoms with Gasteiger partial charge in [-0.2, -0.15) is 0 Å². The maximum atomic E-state index is 11.2. The van der Waals surface area contributed by atoms with Crippen molar-refractivity contribution < 1.29 is 13.6 Å². The first-order chi connectivity index (χ1) is 4.15. The first-order valence-electron chi connectivity index (χ1n) is 2.72. The molecule has 5 heteroatoms. The van der Waals surface area contributed by atoms with E-state index in [2.05, 4.69) is 0 Å². The lowest BCUT2D eigenvalue weighted by molar-refractivity contribution is 0.295. The molecule has 1 saturated heterocycles. The van der Waals surface area contributed by atoms with E-state index in [9.17, 15) is 4.57 Å². The second-order valence-electron chi connectivity index (χ2n) is 1.98. The van der Waals surface area contributed by atoms with Crippen molar-refractivity contribution in [1.82, 2.24) is 4.67 Å². The number of hydrogen-bond acceptors (Lipinski definition) is 3. The predicted molar refractivity (Wildman–Crippen MR) is 33.2 cm³/mol. The van der Waals surface area contributed by atoms with E-state index in [0.29, 0.717) is 13.2 Å². The van der Waals surface area contributed by atoms with Crippen molar-refractivity contribution in [3.8, 4) is 0 Å². The molecule has 0 unspecified atom stereocenters. The van der Waals surface area contributed by atoms with E-state index in [4.69, 9.17) is 9.05 Å². The van der Waals surface area contributed by atoms with Gasteiger partial charge in [0, 0.05) is 0 Å². The van der Waals surface area contributed by atoms with Gasteiger partial charge in [-0.25, -0.2) is 9.24 Å². The molecule has 0 aromatic carbocycles. The molecule has 4 nitrogen and oxygen atoms in total. The first kappa shape index (κ1) is 7.22. The third-order valence-corrected chi connectivity index (χ3v) is 3.08. The lowest BCUT2D eigenvalue weighted by atomic mass is 10.8. The number of nitrogens with zero attached hydrogens (tertiary/aromatic N) is 1. The lowest BCUT2D eigenvalue weighted by Crippen LogP contribution is -2.07. The van der Waals surface area contributed by atoms with Crippen LogP contribution in [0.2, 0.25) is 0 Å². The summed E-state index contributed by atoms with van der Waals surface area (Å²) in [7, 11) is 0.537. The maximum absolute atomic E-state index is 11.2. The van der Waals surface area contributed by atoms with Crippen LogP contribution in [0.25, 0.3) is 0 Å². The fourth-order valence-corrected chi connectivity index (χ4v) is 1.72. The van der Waals surface area contributed by atoms with Crippen LogP contribution in [0.15, 0.2) is 0 Å². The van der Waals surface area contributed by atoms with E-state index in [0.717, 1.165) is 0 Å². The standard InChI is InChI=1S/C4H10NO3P/c1-5(2)9(6)7-3-4-8-9/h3-4H2,1-2H3. The minimum Gasteiger partial charge on any atom is -0.294 e. The van der Waals surface area contributed by atoms with Crippen LogP contribution in [-0.2, 0) is 13.6 Å². The van der Waals surface area contributed by atoms with E-state index in [1.54, 1.807) is 14.1 Å². The minimum absolute atomic E-state index is 0.440. The van der Waals surface area contributed by atoms with Crippen molar-refractivity contribution in [3.05, 3.63) is 0 Å². The van der Waals surface area contributed by atoms with Crippen molar-refractivity contribution in [2.24, 2.45) is 0 Å². The molecule has 1 rings (SSSR count). The quantitative estimate of drug-likeness (QED) is 0.517. The van der Waals surface area contributed by atoms with Gasteiger partial charge in [0.1, 0.15) is 0 Å².